The molecule has 1 aliphatic rings. The van der Waals surface area contributed by atoms with Crippen molar-refractivity contribution in [3.05, 3.63) is 16.1 Å². The Balaban J connectivity index is 2.22. The summed E-state index contributed by atoms with van der Waals surface area (Å²) in [6.07, 6.45) is 3.27. The van der Waals surface area contributed by atoms with Crippen molar-refractivity contribution in [2.75, 3.05) is 5.73 Å². The zero-order valence-electron chi connectivity index (χ0n) is 6.09. The third-order valence-corrected chi connectivity index (χ3v) is 1.98. The molecule has 0 aliphatic heterocycles. The molecule has 0 radical (unpaired) electrons. The highest BCUT2D eigenvalue weighted by molar-refractivity contribution is 5.38. The second kappa shape index (κ2) is 2.15. The van der Waals surface area contributed by atoms with Gasteiger partial charge in [-0.25, -0.2) is 0 Å². The Hall–Kier alpha value is -1.19. The van der Waals surface area contributed by atoms with Crippen molar-refractivity contribution >= 4 is 5.69 Å². The van der Waals surface area contributed by atoms with E-state index >= 15 is 0 Å². The van der Waals surface area contributed by atoms with Gasteiger partial charge < -0.3 is 10.3 Å². The highest BCUT2D eigenvalue weighted by Crippen LogP contribution is 2.33. The Labute approximate surface area is 63.4 Å². The van der Waals surface area contributed by atoms with Gasteiger partial charge in [0.25, 0.3) is 0 Å². The summed E-state index contributed by atoms with van der Waals surface area (Å²) in [5.41, 5.74) is 5.38. The Bertz CT molecular complexity index is 308. The Kier molecular flexibility index (Phi) is 1.27. The van der Waals surface area contributed by atoms with E-state index < -0.39 is 0 Å². The van der Waals surface area contributed by atoms with Gasteiger partial charge in [0, 0.05) is 6.42 Å². The summed E-state index contributed by atoms with van der Waals surface area (Å²) in [6.45, 7) is 0. The smallest absolute Gasteiger partial charge is 0.303 e. The van der Waals surface area contributed by atoms with Gasteiger partial charge in [-0.2, -0.15) is 5.16 Å². The minimum absolute atomic E-state index is 0.247. The van der Waals surface area contributed by atoms with E-state index in [-0.39, 0.29) is 11.2 Å². The molecule has 2 rings (SSSR count). The molecule has 0 aromatic carbocycles. The summed E-state index contributed by atoms with van der Waals surface area (Å²) >= 11 is 0. The summed E-state index contributed by atoms with van der Waals surface area (Å²) in [4.78, 5) is 10.8. The number of aromatic amines is 1. The topological polar surface area (TPSA) is 72.0 Å². The molecule has 0 spiro atoms. The summed E-state index contributed by atoms with van der Waals surface area (Å²) in [5, 5.41) is 2.21. The van der Waals surface area contributed by atoms with Crippen LogP contribution in [0.3, 0.4) is 0 Å². The van der Waals surface area contributed by atoms with Crippen molar-refractivity contribution in [2.45, 2.75) is 19.3 Å². The van der Waals surface area contributed by atoms with E-state index in [1.165, 1.54) is 12.8 Å². The lowest BCUT2D eigenvalue weighted by molar-refractivity contribution is 0.374. The van der Waals surface area contributed by atoms with Crippen molar-refractivity contribution < 1.29 is 4.52 Å². The first kappa shape index (κ1) is 6.52. The van der Waals surface area contributed by atoms with Gasteiger partial charge in [-0.05, 0) is 18.8 Å². The summed E-state index contributed by atoms with van der Waals surface area (Å²) < 4.78 is 4.88. The van der Waals surface area contributed by atoms with Crippen LogP contribution in [0.25, 0.3) is 0 Å². The maximum Gasteiger partial charge on any atom is 0.303 e. The molecule has 4 nitrogen and oxygen atoms in total. The average Bonchev–Trinajstić information content (AvgIpc) is 2.74. The first-order chi connectivity index (χ1) is 5.27. The zero-order valence-corrected chi connectivity index (χ0v) is 6.09. The molecule has 11 heavy (non-hydrogen) atoms. The first-order valence-electron chi connectivity index (χ1n) is 3.73. The van der Waals surface area contributed by atoms with E-state index in [2.05, 4.69) is 5.16 Å². The molecule has 0 atom stereocenters. The van der Waals surface area contributed by atoms with E-state index in [4.69, 9.17) is 10.3 Å². The maximum absolute atomic E-state index is 10.8. The Morgan fingerprint density at radius 3 is 2.82 bits per heavy atom. The minimum atomic E-state index is -0.305. The van der Waals surface area contributed by atoms with Crippen molar-refractivity contribution in [2.24, 2.45) is 5.92 Å². The van der Waals surface area contributed by atoms with Crippen molar-refractivity contribution in [1.29, 1.82) is 0 Å². The second-order valence-corrected chi connectivity index (χ2v) is 3.02. The molecule has 3 N–H and O–H groups in total. The number of anilines is 1. The van der Waals surface area contributed by atoms with E-state index in [1.54, 1.807) is 0 Å². The molecule has 1 aromatic rings. The Morgan fingerprint density at radius 1 is 1.64 bits per heavy atom. The molecule has 1 aliphatic carbocycles. The fourth-order valence-electron chi connectivity index (χ4n) is 1.08. The minimum Gasteiger partial charge on any atom is -0.391 e. The highest BCUT2D eigenvalue weighted by atomic mass is 16.5. The normalized spacial score (nSPS) is 17.1. The number of nitrogens with one attached hydrogen (secondary N) is 1. The summed E-state index contributed by atoms with van der Waals surface area (Å²) in [6, 6.07) is 0. The number of nitrogen functional groups attached to an aromatic ring is 1. The van der Waals surface area contributed by atoms with Crippen molar-refractivity contribution in [3.63, 3.8) is 0 Å². The fraction of sp³-hybridized carbons (Fsp3) is 0.571. The standard InChI is InChI=1S/C7H10N2O2/c8-6-5(3-4-1-2-4)11-9-7(6)10/h4H,1-3,8H2,(H,9,10). The molecule has 4 heteroatoms. The largest absolute Gasteiger partial charge is 0.391 e. The highest BCUT2D eigenvalue weighted by Gasteiger charge is 2.24. The van der Waals surface area contributed by atoms with Gasteiger partial charge in [0.05, 0.1) is 0 Å². The molecular weight excluding hydrogens is 144 g/mol. The van der Waals surface area contributed by atoms with Gasteiger partial charge in [-0.1, -0.05) is 0 Å². The molecular formula is C7H10N2O2. The summed E-state index contributed by atoms with van der Waals surface area (Å²) in [7, 11) is 0. The number of hydrogen-bond acceptors (Lipinski definition) is 3. The number of H-pyrrole nitrogens is 1. The third kappa shape index (κ3) is 1.15. The maximum atomic E-state index is 10.8. The van der Waals surface area contributed by atoms with Crippen molar-refractivity contribution in [1.82, 2.24) is 5.16 Å². The van der Waals surface area contributed by atoms with E-state index in [0.717, 1.165) is 6.42 Å². The lowest BCUT2D eigenvalue weighted by Gasteiger charge is -1.90. The predicted molar refractivity (Wildman–Crippen MR) is 40.2 cm³/mol. The zero-order chi connectivity index (χ0) is 7.84. The Morgan fingerprint density at radius 2 is 2.36 bits per heavy atom. The van der Waals surface area contributed by atoms with Crippen LogP contribution in [-0.2, 0) is 6.42 Å². The van der Waals surface area contributed by atoms with Gasteiger partial charge in [0.2, 0.25) is 0 Å². The monoisotopic (exact) mass is 154 g/mol. The predicted octanol–water partition coefficient (Wildman–Crippen LogP) is 0.503. The number of rotatable bonds is 2. The molecule has 0 unspecified atom stereocenters. The van der Waals surface area contributed by atoms with Crippen LogP contribution in [0.2, 0.25) is 0 Å². The fourth-order valence-corrected chi connectivity index (χ4v) is 1.08. The van der Waals surface area contributed by atoms with Crippen LogP contribution in [0, 0.1) is 5.92 Å². The van der Waals surface area contributed by atoms with Crippen LogP contribution in [0.5, 0.6) is 0 Å². The van der Waals surface area contributed by atoms with Crippen LogP contribution < -0.4 is 11.3 Å². The second-order valence-electron chi connectivity index (χ2n) is 3.02. The molecule has 1 aromatic heterocycles. The molecule has 0 saturated heterocycles. The van der Waals surface area contributed by atoms with Gasteiger partial charge in [0.15, 0.2) is 5.76 Å². The van der Waals surface area contributed by atoms with Crippen molar-refractivity contribution in [3.8, 4) is 0 Å². The van der Waals surface area contributed by atoms with Crippen LogP contribution in [0.15, 0.2) is 9.32 Å². The number of aromatic nitrogens is 1. The van der Waals surface area contributed by atoms with Crippen LogP contribution >= 0.6 is 0 Å². The average molecular weight is 154 g/mol. The number of nitrogens with two attached hydrogens (primary N) is 1. The molecule has 60 valence electrons. The van der Waals surface area contributed by atoms with Crippen LogP contribution in [-0.4, -0.2) is 5.16 Å². The van der Waals surface area contributed by atoms with Crippen LogP contribution in [0.1, 0.15) is 18.6 Å². The SMILES string of the molecule is Nc1c(CC2CC2)o[nH]c1=O. The van der Waals surface area contributed by atoms with E-state index in [0.29, 0.717) is 11.7 Å². The van der Waals surface area contributed by atoms with Gasteiger partial charge >= 0.3 is 5.56 Å². The quantitative estimate of drug-likeness (QED) is 0.651. The molecule has 0 bridgehead atoms. The molecule has 1 saturated carbocycles. The lowest BCUT2D eigenvalue weighted by Crippen LogP contribution is -2.05. The van der Waals surface area contributed by atoms with Gasteiger partial charge in [0.1, 0.15) is 5.69 Å². The van der Waals surface area contributed by atoms with E-state index in [9.17, 15) is 4.79 Å². The molecule has 0 amide bonds. The third-order valence-electron chi connectivity index (χ3n) is 1.98. The first-order valence-corrected chi connectivity index (χ1v) is 3.73. The van der Waals surface area contributed by atoms with Gasteiger partial charge in [-0.3, -0.25) is 4.79 Å². The molecule has 1 fully saturated rings. The van der Waals surface area contributed by atoms with E-state index in [1.807, 2.05) is 0 Å². The van der Waals surface area contributed by atoms with Crippen LogP contribution in [0.4, 0.5) is 5.69 Å². The summed E-state index contributed by atoms with van der Waals surface area (Å²) in [5.74, 6) is 1.31. The lowest BCUT2D eigenvalue weighted by atomic mass is 10.2. The molecule has 1 heterocycles. The van der Waals surface area contributed by atoms with Gasteiger partial charge in [-0.15, -0.1) is 0 Å². The number of hydrogen-bond donors (Lipinski definition) is 2.